The molecule has 0 unspecified atom stereocenters. The second-order valence-electron chi connectivity index (χ2n) is 12.6. The maximum atomic E-state index is 13.6. The molecule has 1 saturated heterocycles. The number of fused-ring (bicyclic) bond motifs is 1. The number of hydrogen-bond donors (Lipinski definition) is 2. The zero-order chi connectivity index (χ0) is 29.4. The van der Waals surface area contributed by atoms with Crippen LogP contribution in [0, 0.1) is 16.7 Å². The number of aliphatic hydroxyl groups is 1. The smallest absolute Gasteiger partial charge is 0.249 e. The Hall–Kier alpha value is -3.49. The number of anilines is 1. The van der Waals surface area contributed by atoms with E-state index in [1.165, 1.54) is 0 Å². The number of piperidine rings is 1. The number of carbonyl (C=O) groups is 1. The van der Waals surface area contributed by atoms with Crippen molar-refractivity contribution in [1.29, 1.82) is 5.26 Å². The lowest BCUT2D eigenvalue weighted by Crippen LogP contribution is -2.51. The minimum Gasteiger partial charge on any atom is -0.393 e. The van der Waals surface area contributed by atoms with Crippen LogP contribution in [0.15, 0.2) is 24.7 Å². The van der Waals surface area contributed by atoms with Gasteiger partial charge < -0.3 is 20.1 Å². The van der Waals surface area contributed by atoms with E-state index in [-0.39, 0.29) is 29.4 Å². The molecule has 2 N–H and O–H groups in total. The molecule has 5 rings (SSSR count). The largest absolute Gasteiger partial charge is 0.393 e. The summed E-state index contributed by atoms with van der Waals surface area (Å²) in [6.07, 6.45) is 9.99. The number of hydrogen-bond acceptors (Lipinski definition) is 8. The van der Waals surface area contributed by atoms with Crippen molar-refractivity contribution < 1.29 is 14.6 Å². The molecule has 41 heavy (non-hydrogen) atoms. The Morgan fingerprint density at radius 1 is 1.27 bits per heavy atom. The van der Waals surface area contributed by atoms with Crippen molar-refractivity contribution in [2.24, 2.45) is 5.41 Å². The van der Waals surface area contributed by atoms with E-state index in [0.717, 1.165) is 48.0 Å². The number of ether oxygens (including phenoxy) is 1. The average molecular weight is 563 g/mol. The van der Waals surface area contributed by atoms with Gasteiger partial charge in [0.05, 0.1) is 42.1 Å². The quantitative estimate of drug-likeness (QED) is 0.422. The fourth-order valence-electron chi connectivity index (χ4n) is 6.05. The van der Waals surface area contributed by atoms with E-state index >= 15 is 0 Å². The third-order valence-corrected chi connectivity index (χ3v) is 8.87. The summed E-state index contributed by atoms with van der Waals surface area (Å²) >= 11 is 0. The summed E-state index contributed by atoms with van der Waals surface area (Å²) in [4.78, 5) is 20.1. The molecule has 0 spiro atoms. The Kier molecular flexibility index (Phi) is 8.08. The van der Waals surface area contributed by atoms with Gasteiger partial charge in [0.1, 0.15) is 5.54 Å². The monoisotopic (exact) mass is 562 g/mol. The number of aliphatic hydroxyl groups excluding tert-OH is 1. The number of methoxy groups -OCH3 is 1. The molecule has 0 aromatic carbocycles. The predicted molar refractivity (Wildman–Crippen MR) is 155 cm³/mol. The molecule has 1 aliphatic heterocycles. The summed E-state index contributed by atoms with van der Waals surface area (Å²) in [5.41, 5.74) is 2.54. The third-order valence-electron chi connectivity index (χ3n) is 8.87. The summed E-state index contributed by atoms with van der Waals surface area (Å²) in [7, 11) is 1.67. The highest BCUT2D eigenvalue weighted by Gasteiger charge is 2.39. The van der Waals surface area contributed by atoms with Crippen molar-refractivity contribution in [3.05, 3.63) is 30.4 Å². The highest BCUT2D eigenvalue weighted by atomic mass is 16.5. The molecule has 1 saturated carbocycles. The molecule has 1 amide bonds. The van der Waals surface area contributed by atoms with Crippen LogP contribution in [-0.2, 0) is 15.1 Å². The molecule has 0 radical (unpaired) electrons. The Bertz CT molecular complexity index is 1420. The van der Waals surface area contributed by atoms with E-state index in [1.807, 2.05) is 49.5 Å². The highest BCUT2D eigenvalue weighted by molar-refractivity contribution is 5.85. The highest BCUT2D eigenvalue weighted by Crippen LogP contribution is 2.38. The SMILES string of the molecule is COC[C@H](C)Nc1ncc2c(-c3cnn(C(C)(C)C(=O)N4CCC(C)(C#N)CC4)c3)cc([C@H]3CC[C@H](O)CC3)n2n1. The molecule has 11 heteroatoms. The number of nitrogens with zero attached hydrogens (tertiary/aromatic N) is 7. The molecule has 1 atom stereocenters. The normalized spacial score (nSPS) is 21.9. The van der Waals surface area contributed by atoms with Gasteiger partial charge in [0, 0.05) is 55.2 Å². The van der Waals surface area contributed by atoms with E-state index < -0.39 is 5.54 Å². The summed E-state index contributed by atoms with van der Waals surface area (Å²) in [5, 5.41) is 32.4. The minimum atomic E-state index is -0.887. The van der Waals surface area contributed by atoms with Crippen molar-refractivity contribution in [2.75, 3.05) is 32.1 Å². The molecule has 2 fully saturated rings. The first-order valence-electron chi connectivity index (χ1n) is 14.6. The second kappa shape index (κ2) is 11.4. The van der Waals surface area contributed by atoms with Crippen LogP contribution in [-0.4, -0.2) is 79.2 Å². The van der Waals surface area contributed by atoms with Gasteiger partial charge in [-0.1, -0.05) is 0 Å². The van der Waals surface area contributed by atoms with Gasteiger partial charge in [-0.15, -0.1) is 5.10 Å². The number of nitrogens with one attached hydrogen (secondary N) is 1. The first kappa shape index (κ1) is 29.0. The van der Waals surface area contributed by atoms with Gasteiger partial charge in [-0.25, -0.2) is 9.50 Å². The van der Waals surface area contributed by atoms with Crippen molar-refractivity contribution in [1.82, 2.24) is 29.3 Å². The van der Waals surface area contributed by atoms with Crippen molar-refractivity contribution in [3.63, 3.8) is 0 Å². The van der Waals surface area contributed by atoms with E-state index in [0.29, 0.717) is 38.5 Å². The van der Waals surface area contributed by atoms with Crippen LogP contribution in [0.2, 0.25) is 0 Å². The second-order valence-corrected chi connectivity index (χ2v) is 12.6. The van der Waals surface area contributed by atoms with Gasteiger partial charge in [-0.3, -0.25) is 9.48 Å². The first-order valence-corrected chi connectivity index (χ1v) is 14.6. The molecular weight excluding hydrogens is 520 g/mol. The number of rotatable bonds is 8. The fourth-order valence-corrected chi connectivity index (χ4v) is 6.05. The Balaban J connectivity index is 1.45. The van der Waals surface area contributed by atoms with Gasteiger partial charge in [0.15, 0.2) is 0 Å². The van der Waals surface area contributed by atoms with E-state index in [2.05, 4.69) is 27.5 Å². The molecule has 3 aromatic rings. The van der Waals surface area contributed by atoms with Gasteiger partial charge >= 0.3 is 0 Å². The summed E-state index contributed by atoms with van der Waals surface area (Å²) in [6, 6.07) is 4.62. The standard InChI is InChI=1S/C30H42N8O3/c1-20(18-41-5)34-28-32-16-26-24(14-25(38(26)35-28)21-6-8-23(39)9-7-21)22-15-33-37(17-22)29(2,3)27(40)36-12-10-30(4,19-31)11-13-36/h14-17,20-21,23,39H,6-13,18H2,1-5H3,(H,34,35)/t20-,21-,23-/m0/s1. The average Bonchev–Trinajstić information content (AvgIpc) is 3.59. The molecular formula is C30H42N8O3. The molecule has 2 aliphatic rings. The molecule has 11 nitrogen and oxygen atoms in total. The molecule has 4 heterocycles. The summed E-state index contributed by atoms with van der Waals surface area (Å²) < 4.78 is 8.97. The molecule has 3 aromatic heterocycles. The Morgan fingerprint density at radius 3 is 2.63 bits per heavy atom. The van der Waals surface area contributed by atoms with Crippen molar-refractivity contribution in [2.45, 2.75) is 89.8 Å². The molecule has 1 aliphatic carbocycles. The fraction of sp³-hybridized carbons (Fsp3) is 0.633. The minimum absolute atomic E-state index is 0.000408. The number of carbonyl (C=O) groups excluding carboxylic acids is 1. The Labute approximate surface area is 241 Å². The molecule has 220 valence electrons. The maximum absolute atomic E-state index is 13.6. The number of amides is 1. The van der Waals surface area contributed by atoms with E-state index in [9.17, 15) is 15.2 Å². The third kappa shape index (κ3) is 5.81. The van der Waals surface area contributed by atoms with Gasteiger partial charge in [-0.05, 0) is 72.3 Å². The summed E-state index contributed by atoms with van der Waals surface area (Å²) in [5.74, 6) is 0.794. The van der Waals surface area contributed by atoms with E-state index in [1.54, 1.807) is 18.0 Å². The van der Waals surface area contributed by atoms with Crippen LogP contribution in [0.1, 0.15) is 77.8 Å². The van der Waals surface area contributed by atoms with Gasteiger partial charge in [0.25, 0.3) is 0 Å². The predicted octanol–water partition coefficient (Wildman–Crippen LogP) is 3.95. The summed E-state index contributed by atoms with van der Waals surface area (Å²) in [6.45, 7) is 9.45. The zero-order valence-corrected chi connectivity index (χ0v) is 24.8. The van der Waals surface area contributed by atoms with Gasteiger partial charge in [0.2, 0.25) is 11.9 Å². The van der Waals surface area contributed by atoms with Gasteiger partial charge in [-0.2, -0.15) is 10.4 Å². The van der Waals surface area contributed by atoms with Crippen LogP contribution in [0.5, 0.6) is 0 Å². The van der Waals surface area contributed by atoms with Crippen LogP contribution in [0.25, 0.3) is 16.6 Å². The maximum Gasteiger partial charge on any atom is 0.249 e. The van der Waals surface area contributed by atoms with Crippen LogP contribution < -0.4 is 5.32 Å². The van der Waals surface area contributed by atoms with Crippen molar-refractivity contribution >= 4 is 17.4 Å². The lowest BCUT2D eigenvalue weighted by Gasteiger charge is -2.38. The molecule has 0 bridgehead atoms. The van der Waals surface area contributed by atoms with Crippen LogP contribution >= 0.6 is 0 Å². The zero-order valence-electron chi connectivity index (χ0n) is 24.8. The van der Waals surface area contributed by atoms with Crippen molar-refractivity contribution in [3.8, 4) is 17.2 Å². The lowest BCUT2D eigenvalue weighted by molar-refractivity contribution is -0.141. The van der Waals surface area contributed by atoms with Crippen LogP contribution in [0.3, 0.4) is 0 Å². The lowest BCUT2D eigenvalue weighted by atomic mass is 9.81. The topological polar surface area (TPSA) is 134 Å². The van der Waals surface area contributed by atoms with Crippen LogP contribution in [0.4, 0.5) is 5.95 Å². The first-order chi connectivity index (χ1) is 19.5. The number of nitriles is 1. The number of aromatic nitrogens is 5. The Morgan fingerprint density at radius 2 is 1.98 bits per heavy atom. The van der Waals surface area contributed by atoms with E-state index in [4.69, 9.17) is 9.84 Å². The number of likely N-dealkylation sites (tertiary alicyclic amines) is 1.